The van der Waals surface area contributed by atoms with Crippen molar-refractivity contribution in [2.45, 2.75) is 12.8 Å². The number of hydrogen-bond acceptors (Lipinski definition) is 4. The Bertz CT molecular complexity index is 578. The van der Waals surface area contributed by atoms with Gasteiger partial charge < -0.3 is 10.3 Å². The van der Waals surface area contributed by atoms with Crippen LogP contribution in [-0.4, -0.2) is 27.3 Å². The van der Waals surface area contributed by atoms with Crippen LogP contribution >= 0.6 is 0 Å². The molecule has 0 bridgehead atoms. The van der Waals surface area contributed by atoms with Gasteiger partial charge in [-0.05, 0) is 5.56 Å². The van der Waals surface area contributed by atoms with Gasteiger partial charge in [0.15, 0.2) is 0 Å². The second-order valence-electron chi connectivity index (χ2n) is 4.24. The molecule has 1 aromatic carbocycles. The van der Waals surface area contributed by atoms with E-state index in [-0.39, 0.29) is 18.0 Å². The molecule has 2 rings (SSSR count). The van der Waals surface area contributed by atoms with Gasteiger partial charge in [0.2, 0.25) is 5.91 Å². The fourth-order valence-corrected chi connectivity index (χ4v) is 1.74. The molecule has 0 aliphatic carbocycles. The molecule has 0 spiro atoms. The Kier molecular flexibility index (Phi) is 4.43. The molecule has 2 aromatic rings. The van der Waals surface area contributed by atoms with E-state index in [1.165, 1.54) is 12.1 Å². The predicted molar refractivity (Wildman–Crippen MR) is 72.1 cm³/mol. The molecular weight excluding hydrogens is 260 g/mol. The zero-order chi connectivity index (χ0) is 14.4. The van der Waals surface area contributed by atoms with Crippen LogP contribution in [0.2, 0.25) is 0 Å². The minimum Gasteiger partial charge on any atom is -0.355 e. The highest BCUT2D eigenvalue weighted by molar-refractivity contribution is 5.78. The van der Waals surface area contributed by atoms with Gasteiger partial charge in [-0.15, -0.1) is 0 Å². The van der Waals surface area contributed by atoms with E-state index >= 15 is 0 Å². The summed E-state index contributed by atoms with van der Waals surface area (Å²) >= 11 is 0. The number of aromatic nitrogens is 2. The highest BCUT2D eigenvalue weighted by Gasteiger charge is 2.07. The van der Waals surface area contributed by atoms with E-state index in [0.717, 1.165) is 11.4 Å². The number of imidazole rings is 1. The summed E-state index contributed by atoms with van der Waals surface area (Å²) in [7, 11) is 0. The lowest BCUT2D eigenvalue weighted by molar-refractivity contribution is -0.384. The average Bonchev–Trinajstić information content (AvgIpc) is 2.92. The van der Waals surface area contributed by atoms with Crippen LogP contribution in [0.1, 0.15) is 11.4 Å². The molecule has 1 heterocycles. The maximum atomic E-state index is 11.7. The van der Waals surface area contributed by atoms with E-state index < -0.39 is 4.92 Å². The lowest BCUT2D eigenvalue weighted by Crippen LogP contribution is -2.27. The van der Waals surface area contributed by atoms with Crippen LogP contribution in [0.15, 0.2) is 36.7 Å². The van der Waals surface area contributed by atoms with Gasteiger partial charge in [-0.3, -0.25) is 14.9 Å². The van der Waals surface area contributed by atoms with Crippen LogP contribution in [0.3, 0.4) is 0 Å². The first-order valence-electron chi connectivity index (χ1n) is 6.13. The molecule has 0 aliphatic rings. The van der Waals surface area contributed by atoms with E-state index in [1.54, 1.807) is 24.5 Å². The lowest BCUT2D eigenvalue weighted by atomic mass is 10.1. The average molecular weight is 274 g/mol. The van der Waals surface area contributed by atoms with E-state index in [2.05, 4.69) is 15.3 Å². The molecule has 2 N–H and O–H groups in total. The first-order valence-corrected chi connectivity index (χ1v) is 6.13. The van der Waals surface area contributed by atoms with Crippen molar-refractivity contribution in [1.29, 1.82) is 0 Å². The number of nitrogens with one attached hydrogen (secondary N) is 2. The number of nitro benzene ring substituents is 1. The zero-order valence-electron chi connectivity index (χ0n) is 10.7. The number of hydrogen-bond donors (Lipinski definition) is 2. The quantitative estimate of drug-likeness (QED) is 0.610. The molecule has 20 heavy (non-hydrogen) atoms. The molecule has 7 nitrogen and oxygen atoms in total. The lowest BCUT2D eigenvalue weighted by Gasteiger charge is -2.04. The number of nitrogens with zero attached hydrogens (tertiary/aromatic N) is 2. The van der Waals surface area contributed by atoms with Crippen LogP contribution in [0.5, 0.6) is 0 Å². The second kappa shape index (κ2) is 6.46. The van der Waals surface area contributed by atoms with E-state index in [1.807, 2.05) is 0 Å². The van der Waals surface area contributed by atoms with Gasteiger partial charge in [0, 0.05) is 37.5 Å². The molecule has 0 atom stereocenters. The summed E-state index contributed by atoms with van der Waals surface area (Å²) in [6, 6.07) is 5.96. The molecule has 0 saturated carbocycles. The molecule has 104 valence electrons. The number of nitro groups is 1. The number of H-pyrrole nitrogens is 1. The third-order valence-electron chi connectivity index (χ3n) is 2.75. The number of carbonyl (C=O) groups excluding carboxylic acids is 1. The Hall–Kier alpha value is -2.70. The highest BCUT2D eigenvalue weighted by Crippen LogP contribution is 2.12. The molecule has 7 heteroatoms. The highest BCUT2D eigenvalue weighted by atomic mass is 16.6. The predicted octanol–water partition coefficient (Wildman–Crippen LogP) is 1.22. The number of aromatic amines is 1. The van der Waals surface area contributed by atoms with E-state index in [9.17, 15) is 14.9 Å². The standard InChI is InChI=1S/C13H14N4O3/c18-13(16-6-5-12-14-7-8-15-12)9-10-1-3-11(4-2-10)17(19)20/h1-4,7-8H,5-6,9H2,(H,14,15)(H,16,18). The second-order valence-corrected chi connectivity index (χ2v) is 4.24. The Labute approximate surface area is 115 Å². The van der Waals surface area contributed by atoms with Gasteiger partial charge >= 0.3 is 0 Å². The van der Waals surface area contributed by atoms with E-state index in [4.69, 9.17) is 0 Å². The number of benzene rings is 1. The van der Waals surface area contributed by atoms with Gasteiger partial charge in [-0.2, -0.15) is 0 Å². The molecule has 0 unspecified atom stereocenters. The van der Waals surface area contributed by atoms with Crippen LogP contribution in [0.4, 0.5) is 5.69 Å². The van der Waals surface area contributed by atoms with Crippen LogP contribution in [-0.2, 0) is 17.6 Å². The molecule has 0 fully saturated rings. The van der Waals surface area contributed by atoms with Crippen molar-refractivity contribution < 1.29 is 9.72 Å². The monoisotopic (exact) mass is 274 g/mol. The number of amides is 1. The van der Waals surface area contributed by atoms with Gasteiger partial charge in [0.1, 0.15) is 5.82 Å². The summed E-state index contributed by atoms with van der Waals surface area (Å²) in [6.45, 7) is 0.499. The topological polar surface area (TPSA) is 101 Å². The SMILES string of the molecule is O=C(Cc1ccc([N+](=O)[O-])cc1)NCCc1ncc[nH]1. The molecule has 1 aromatic heterocycles. The van der Waals surface area contributed by atoms with Crippen molar-refractivity contribution in [3.8, 4) is 0 Å². The largest absolute Gasteiger partial charge is 0.355 e. The Morgan fingerprint density at radius 1 is 1.35 bits per heavy atom. The third kappa shape index (κ3) is 3.91. The van der Waals surface area contributed by atoms with Crippen molar-refractivity contribution in [2.75, 3.05) is 6.54 Å². The van der Waals surface area contributed by atoms with Gasteiger partial charge in [-0.25, -0.2) is 4.98 Å². The summed E-state index contributed by atoms with van der Waals surface area (Å²) < 4.78 is 0. The maximum absolute atomic E-state index is 11.7. The molecule has 0 saturated heterocycles. The number of carbonyl (C=O) groups is 1. The van der Waals surface area contributed by atoms with E-state index in [0.29, 0.717) is 13.0 Å². The molecular formula is C13H14N4O3. The third-order valence-corrected chi connectivity index (χ3v) is 2.75. The first kappa shape index (κ1) is 13.7. The summed E-state index contributed by atoms with van der Waals surface area (Å²) in [5.74, 6) is 0.700. The fourth-order valence-electron chi connectivity index (χ4n) is 1.74. The van der Waals surface area contributed by atoms with Crippen molar-refractivity contribution in [3.63, 3.8) is 0 Å². The van der Waals surface area contributed by atoms with Crippen LogP contribution in [0, 0.1) is 10.1 Å². The minimum absolute atomic E-state index is 0.0203. The van der Waals surface area contributed by atoms with Gasteiger partial charge in [-0.1, -0.05) is 12.1 Å². The van der Waals surface area contributed by atoms with Crippen molar-refractivity contribution in [3.05, 3.63) is 58.2 Å². The summed E-state index contributed by atoms with van der Waals surface area (Å²) in [5, 5.41) is 13.3. The Balaban J connectivity index is 1.77. The van der Waals surface area contributed by atoms with Gasteiger partial charge in [0.25, 0.3) is 5.69 Å². The normalized spacial score (nSPS) is 10.2. The Morgan fingerprint density at radius 2 is 2.10 bits per heavy atom. The van der Waals surface area contributed by atoms with Crippen LogP contribution < -0.4 is 5.32 Å². The van der Waals surface area contributed by atoms with Gasteiger partial charge in [0.05, 0.1) is 11.3 Å². The summed E-state index contributed by atoms with van der Waals surface area (Å²) in [4.78, 5) is 28.7. The summed E-state index contributed by atoms with van der Waals surface area (Å²) in [5.41, 5.74) is 0.762. The van der Waals surface area contributed by atoms with Crippen molar-refractivity contribution in [1.82, 2.24) is 15.3 Å². The number of non-ortho nitro benzene ring substituents is 1. The Morgan fingerprint density at radius 3 is 2.70 bits per heavy atom. The molecule has 0 aliphatic heterocycles. The number of rotatable bonds is 6. The smallest absolute Gasteiger partial charge is 0.269 e. The maximum Gasteiger partial charge on any atom is 0.269 e. The fraction of sp³-hybridized carbons (Fsp3) is 0.231. The van der Waals surface area contributed by atoms with Crippen LogP contribution in [0.25, 0.3) is 0 Å². The van der Waals surface area contributed by atoms with Crippen molar-refractivity contribution in [2.24, 2.45) is 0 Å². The molecule has 0 radical (unpaired) electrons. The molecule has 1 amide bonds. The minimum atomic E-state index is -0.465. The zero-order valence-corrected chi connectivity index (χ0v) is 10.7. The van der Waals surface area contributed by atoms with Crippen molar-refractivity contribution >= 4 is 11.6 Å². The summed E-state index contributed by atoms with van der Waals surface area (Å²) in [6.07, 6.45) is 4.23. The first-order chi connectivity index (χ1) is 9.65.